The number of ether oxygens (including phenoxy) is 1. The van der Waals surface area contributed by atoms with E-state index in [1.807, 2.05) is 32.9 Å². The first-order valence-corrected chi connectivity index (χ1v) is 8.14. The number of hydrogen-bond acceptors (Lipinski definition) is 6. The molecule has 1 aliphatic heterocycles. The standard InChI is InChI=1S/C14H19N3O2S2/c1-14(2,3)19-13(18)17-12-16-10(8-21-12)11(20)9-4-6-15-7-5-9/h4-7,10-11,20H,8H2,1-3H3,(H,16,17,18). The Balaban J connectivity index is 1.95. The summed E-state index contributed by atoms with van der Waals surface area (Å²) in [5, 5.41) is 3.25. The highest BCUT2D eigenvalue weighted by molar-refractivity contribution is 8.14. The molecule has 1 aromatic rings. The molecular weight excluding hydrogens is 306 g/mol. The summed E-state index contributed by atoms with van der Waals surface area (Å²) in [5.41, 5.74) is 0.553. The van der Waals surface area contributed by atoms with Crippen LogP contribution >= 0.6 is 24.4 Å². The van der Waals surface area contributed by atoms with Crippen molar-refractivity contribution in [3.05, 3.63) is 30.1 Å². The zero-order chi connectivity index (χ0) is 15.5. The number of aromatic nitrogens is 1. The van der Waals surface area contributed by atoms with Gasteiger partial charge in [-0.1, -0.05) is 11.8 Å². The topological polar surface area (TPSA) is 63.6 Å². The Hall–Kier alpha value is -1.21. The van der Waals surface area contributed by atoms with Crippen LogP contribution in [0.25, 0.3) is 0 Å². The molecule has 2 atom stereocenters. The maximum atomic E-state index is 11.7. The van der Waals surface area contributed by atoms with Gasteiger partial charge in [-0.3, -0.25) is 15.3 Å². The van der Waals surface area contributed by atoms with Crippen LogP contribution in [0.2, 0.25) is 0 Å². The number of carbonyl (C=O) groups is 1. The van der Waals surface area contributed by atoms with Crippen LogP contribution in [0.4, 0.5) is 4.79 Å². The third-order valence-electron chi connectivity index (χ3n) is 2.69. The van der Waals surface area contributed by atoms with Gasteiger partial charge in [0.2, 0.25) is 0 Å². The number of rotatable bonds is 2. The minimum absolute atomic E-state index is 0.0153. The average molecular weight is 325 g/mol. The highest BCUT2D eigenvalue weighted by atomic mass is 32.2. The van der Waals surface area contributed by atoms with Gasteiger partial charge in [-0.25, -0.2) is 4.79 Å². The van der Waals surface area contributed by atoms with Gasteiger partial charge in [0.15, 0.2) is 5.17 Å². The minimum Gasteiger partial charge on any atom is -0.444 e. The lowest BCUT2D eigenvalue weighted by Gasteiger charge is -2.19. The van der Waals surface area contributed by atoms with Crippen molar-refractivity contribution in [2.45, 2.75) is 37.7 Å². The van der Waals surface area contributed by atoms with Crippen molar-refractivity contribution in [3.8, 4) is 0 Å². The van der Waals surface area contributed by atoms with E-state index in [-0.39, 0.29) is 11.3 Å². The van der Waals surface area contributed by atoms with Crippen LogP contribution in [0.3, 0.4) is 0 Å². The Kier molecular flexibility index (Phi) is 5.16. The number of hydrogen-bond donors (Lipinski definition) is 2. The summed E-state index contributed by atoms with van der Waals surface area (Å²) in [6.45, 7) is 5.48. The summed E-state index contributed by atoms with van der Waals surface area (Å²) in [7, 11) is 0. The largest absolute Gasteiger partial charge is 0.444 e. The van der Waals surface area contributed by atoms with Gasteiger partial charge in [0.05, 0.1) is 11.3 Å². The second-order valence-electron chi connectivity index (χ2n) is 5.66. The summed E-state index contributed by atoms with van der Waals surface area (Å²) in [4.78, 5) is 20.2. The van der Waals surface area contributed by atoms with E-state index in [0.29, 0.717) is 5.17 Å². The minimum atomic E-state index is -0.517. The molecule has 0 saturated heterocycles. The first-order chi connectivity index (χ1) is 9.85. The quantitative estimate of drug-likeness (QED) is 0.820. The summed E-state index contributed by atoms with van der Waals surface area (Å²) < 4.78 is 5.21. The van der Waals surface area contributed by atoms with Gasteiger partial charge in [-0.05, 0) is 38.5 Å². The van der Waals surface area contributed by atoms with Gasteiger partial charge in [0.1, 0.15) is 5.60 Å². The molecule has 2 heterocycles. The second kappa shape index (κ2) is 6.70. The van der Waals surface area contributed by atoms with Crippen LogP contribution in [0, 0.1) is 0 Å². The summed E-state index contributed by atoms with van der Waals surface area (Å²) in [5.74, 6) is 0.779. The van der Waals surface area contributed by atoms with E-state index in [0.717, 1.165) is 11.3 Å². The molecule has 114 valence electrons. The highest BCUT2D eigenvalue weighted by Crippen LogP contribution is 2.32. The summed E-state index contributed by atoms with van der Waals surface area (Å²) in [6.07, 6.45) is 3.00. The highest BCUT2D eigenvalue weighted by Gasteiger charge is 2.27. The van der Waals surface area contributed by atoms with Crippen molar-refractivity contribution >= 4 is 35.7 Å². The normalized spacial score (nSPS) is 19.8. The van der Waals surface area contributed by atoms with E-state index in [1.165, 1.54) is 11.8 Å². The number of thioether (sulfide) groups is 1. The van der Waals surface area contributed by atoms with E-state index in [4.69, 9.17) is 4.74 Å². The van der Waals surface area contributed by atoms with Crippen molar-refractivity contribution < 1.29 is 9.53 Å². The van der Waals surface area contributed by atoms with E-state index >= 15 is 0 Å². The van der Waals surface area contributed by atoms with Crippen molar-refractivity contribution in [2.75, 3.05) is 5.75 Å². The average Bonchev–Trinajstić information content (AvgIpc) is 2.85. The molecule has 1 aliphatic rings. The zero-order valence-corrected chi connectivity index (χ0v) is 13.9. The lowest BCUT2D eigenvalue weighted by atomic mass is 10.1. The predicted octanol–water partition coefficient (Wildman–Crippen LogP) is 3.05. The lowest BCUT2D eigenvalue weighted by molar-refractivity contribution is 0.0564. The number of aliphatic imine (C=N–C) groups is 1. The van der Waals surface area contributed by atoms with Crippen LogP contribution in [0.1, 0.15) is 31.6 Å². The maximum absolute atomic E-state index is 11.7. The van der Waals surface area contributed by atoms with Crippen LogP contribution < -0.4 is 5.32 Å². The molecule has 21 heavy (non-hydrogen) atoms. The molecule has 0 saturated carbocycles. The maximum Gasteiger partial charge on any atom is 0.413 e. The van der Waals surface area contributed by atoms with E-state index in [9.17, 15) is 4.79 Å². The molecule has 1 N–H and O–H groups in total. The monoisotopic (exact) mass is 325 g/mol. The van der Waals surface area contributed by atoms with Gasteiger partial charge in [0, 0.05) is 18.1 Å². The summed E-state index contributed by atoms with van der Waals surface area (Å²) >= 11 is 6.12. The first kappa shape index (κ1) is 16.2. The van der Waals surface area contributed by atoms with E-state index in [2.05, 4.69) is 27.9 Å². The van der Waals surface area contributed by atoms with Crippen LogP contribution in [-0.4, -0.2) is 33.6 Å². The van der Waals surface area contributed by atoms with Crippen molar-refractivity contribution in [2.24, 2.45) is 4.99 Å². The van der Waals surface area contributed by atoms with E-state index < -0.39 is 11.7 Å². The molecule has 0 bridgehead atoms. The molecule has 0 radical (unpaired) electrons. The molecule has 0 fully saturated rings. The fraction of sp³-hybridized carbons (Fsp3) is 0.500. The fourth-order valence-corrected chi connectivity index (χ4v) is 3.24. The Morgan fingerprint density at radius 2 is 2.14 bits per heavy atom. The van der Waals surface area contributed by atoms with Crippen molar-refractivity contribution in [3.63, 3.8) is 0 Å². The number of nitrogens with zero attached hydrogens (tertiary/aromatic N) is 2. The molecule has 5 nitrogen and oxygen atoms in total. The third-order valence-corrected chi connectivity index (χ3v) is 4.33. The second-order valence-corrected chi connectivity index (χ2v) is 7.23. The first-order valence-electron chi connectivity index (χ1n) is 6.64. The Bertz CT molecular complexity index is 529. The number of thiol groups is 1. The molecular formula is C14H19N3O2S2. The van der Waals surface area contributed by atoms with Gasteiger partial charge < -0.3 is 4.74 Å². The number of amides is 1. The number of nitrogens with one attached hydrogen (secondary N) is 1. The molecule has 0 aliphatic carbocycles. The number of amidine groups is 1. The molecule has 2 unspecified atom stereocenters. The Morgan fingerprint density at radius 3 is 2.76 bits per heavy atom. The smallest absolute Gasteiger partial charge is 0.413 e. The van der Waals surface area contributed by atoms with Gasteiger partial charge in [-0.15, -0.1) is 0 Å². The number of alkyl carbamates (subject to hydrolysis) is 1. The predicted molar refractivity (Wildman–Crippen MR) is 89.0 cm³/mol. The van der Waals surface area contributed by atoms with Crippen LogP contribution in [-0.2, 0) is 4.74 Å². The van der Waals surface area contributed by atoms with Gasteiger partial charge in [0.25, 0.3) is 0 Å². The number of pyridine rings is 1. The molecule has 0 spiro atoms. The van der Waals surface area contributed by atoms with Crippen LogP contribution in [0.15, 0.2) is 29.5 Å². The molecule has 2 rings (SSSR count). The Labute approximate surface area is 134 Å². The zero-order valence-electron chi connectivity index (χ0n) is 12.2. The number of carbonyl (C=O) groups excluding carboxylic acids is 1. The molecule has 0 aromatic carbocycles. The van der Waals surface area contributed by atoms with Crippen molar-refractivity contribution in [1.29, 1.82) is 0 Å². The summed E-state index contributed by atoms with van der Waals surface area (Å²) in [6, 6.07) is 3.87. The van der Waals surface area contributed by atoms with E-state index in [1.54, 1.807) is 12.4 Å². The molecule has 1 amide bonds. The van der Waals surface area contributed by atoms with Crippen LogP contribution in [0.5, 0.6) is 0 Å². The molecule has 7 heteroatoms. The van der Waals surface area contributed by atoms with Crippen molar-refractivity contribution in [1.82, 2.24) is 10.3 Å². The Morgan fingerprint density at radius 1 is 1.48 bits per heavy atom. The fourth-order valence-electron chi connectivity index (χ4n) is 1.79. The van der Waals surface area contributed by atoms with Gasteiger partial charge >= 0.3 is 6.09 Å². The molecule has 1 aromatic heterocycles. The SMILES string of the molecule is CC(C)(C)OC(=O)NC1=NC(C(S)c2ccncc2)CS1. The lowest BCUT2D eigenvalue weighted by Crippen LogP contribution is -2.34. The van der Waals surface area contributed by atoms with Gasteiger partial charge in [-0.2, -0.15) is 12.6 Å². The third kappa shape index (κ3) is 4.93.